The number of anilines is 1. The molecule has 2 rings (SSSR count). The zero-order valence-electron chi connectivity index (χ0n) is 13.5. The van der Waals surface area contributed by atoms with E-state index in [0.717, 1.165) is 5.56 Å². The van der Waals surface area contributed by atoms with Crippen LogP contribution in [0.5, 0.6) is 0 Å². The molecule has 2 N–H and O–H groups in total. The van der Waals surface area contributed by atoms with Crippen LogP contribution in [0.1, 0.15) is 47.1 Å². The number of hydrogen-bond acceptors (Lipinski definition) is 2. The van der Waals surface area contributed by atoms with Gasteiger partial charge in [-0.1, -0.05) is 44.5 Å². The third kappa shape index (κ3) is 4.16. The fourth-order valence-electron chi connectivity index (χ4n) is 2.14. The predicted octanol–water partition coefficient (Wildman–Crippen LogP) is 5.35. The fraction of sp³-hybridized carbons (Fsp3) is 0.222. The maximum absolute atomic E-state index is 12.4. The Bertz CT molecular complexity index is 795. The molecular formula is C18H17BrClNO3. The molecule has 0 heterocycles. The van der Waals surface area contributed by atoms with Crippen molar-refractivity contribution in [3.63, 3.8) is 0 Å². The first-order chi connectivity index (χ1) is 11.1. The van der Waals surface area contributed by atoms with Gasteiger partial charge in [-0.15, -0.1) is 0 Å². The van der Waals surface area contributed by atoms with E-state index in [2.05, 4.69) is 42.0 Å². The van der Waals surface area contributed by atoms with E-state index in [1.54, 1.807) is 12.1 Å². The van der Waals surface area contributed by atoms with Crippen LogP contribution >= 0.6 is 27.5 Å². The molecule has 0 unspecified atom stereocenters. The van der Waals surface area contributed by atoms with Gasteiger partial charge in [0.2, 0.25) is 0 Å². The number of aromatic carboxylic acids is 1. The van der Waals surface area contributed by atoms with Crippen LogP contribution in [0, 0.1) is 0 Å². The molecule has 0 fully saturated rings. The van der Waals surface area contributed by atoms with Crippen LogP contribution in [-0.2, 0) is 5.41 Å². The van der Waals surface area contributed by atoms with Gasteiger partial charge in [0.15, 0.2) is 0 Å². The van der Waals surface area contributed by atoms with Crippen LogP contribution in [0.3, 0.4) is 0 Å². The quantitative estimate of drug-likeness (QED) is 0.716. The lowest BCUT2D eigenvalue weighted by Gasteiger charge is -2.19. The first kappa shape index (κ1) is 18.5. The zero-order chi connectivity index (χ0) is 18.1. The first-order valence-electron chi connectivity index (χ1n) is 7.24. The summed E-state index contributed by atoms with van der Waals surface area (Å²) in [5.74, 6) is -1.54. The monoisotopic (exact) mass is 409 g/mol. The summed E-state index contributed by atoms with van der Waals surface area (Å²) in [6, 6.07) is 10.00. The minimum atomic E-state index is -1.15. The Morgan fingerprint density at radius 3 is 2.21 bits per heavy atom. The molecule has 2 aromatic rings. The Kier molecular flexibility index (Phi) is 5.35. The number of carbonyl (C=O) groups is 2. The summed E-state index contributed by atoms with van der Waals surface area (Å²) in [5, 5.41) is 12.2. The Hall–Kier alpha value is -1.85. The minimum Gasteiger partial charge on any atom is -0.478 e. The van der Waals surface area contributed by atoms with Crippen molar-refractivity contribution in [2.24, 2.45) is 0 Å². The van der Waals surface area contributed by atoms with E-state index in [0.29, 0.717) is 15.1 Å². The molecule has 0 saturated heterocycles. The van der Waals surface area contributed by atoms with E-state index >= 15 is 0 Å². The molecule has 2 aromatic carbocycles. The molecule has 0 atom stereocenters. The molecular weight excluding hydrogens is 394 g/mol. The van der Waals surface area contributed by atoms with E-state index in [1.165, 1.54) is 12.1 Å². The number of carboxylic acid groups (broad SMARTS) is 1. The van der Waals surface area contributed by atoms with Crippen molar-refractivity contribution in [2.45, 2.75) is 26.2 Å². The Labute approximate surface area is 154 Å². The van der Waals surface area contributed by atoms with Crippen molar-refractivity contribution in [3.05, 3.63) is 62.6 Å². The number of rotatable bonds is 3. The van der Waals surface area contributed by atoms with E-state index in [4.69, 9.17) is 11.6 Å². The van der Waals surface area contributed by atoms with Crippen LogP contribution in [0.25, 0.3) is 0 Å². The molecule has 0 saturated carbocycles. The van der Waals surface area contributed by atoms with E-state index < -0.39 is 11.9 Å². The summed E-state index contributed by atoms with van der Waals surface area (Å²) in [7, 11) is 0. The lowest BCUT2D eigenvalue weighted by molar-refractivity contribution is 0.0698. The second-order valence-corrected chi connectivity index (χ2v) is 7.66. The SMILES string of the molecule is CC(C)(C)c1ccc(C(=O)Nc2cc(Cl)c(Br)cc2C(=O)O)cc1. The molecule has 4 nitrogen and oxygen atoms in total. The van der Waals surface area contributed by atoms with Crippen LogP contribution in [0.15, 0.2) is 40.9 Å². The lowest BCUT2D eigenvalue weighted by Crippen LogP contribution is -2.16. The van der Waals surface area contributed by atoms with E-state index in [-0.39, 0.29) is 16.7 Å². The number of nitrogens with one attached hydrogen (secondary N) is 1. The second kappa shape index (κ2) is 6.95. The molecule has 0 radical (unpaired) electrons. The molecule has 0 aromatic heterocycles. The van der Waals surface area contributed by atoms with Crippen LogP contribution in [-0.4, -0.2) is 17.0 Å². The van der Waals surface area contributed by atoms with Crippen LogP contribution in [0.4, 0.5) is 5.69 Å². The maximum atomic E-state index is 12.4. The van der Waals surface area contributed by atoms with Gasteiger partial charge in [0.05, 0.1) is 16.3 Å². The topological polar surface area (TPSA) is 66.4 Å². The van der Waals surface area contributed by atoms with Gasteiger partial charge in [-0.05, 0) is 51.2 Å². The predicted molar refractivity (Wildman–Crippen MR) is 99.2 cm³/mol. The third-order valence-electron chi connectivity index (χ3n) is 3.55. The molecule has 0 bridgehead atoms. The summed E-state index contributed by atoms with van der Waals surface area (Å²) in [5.41, 5.74) is 1.66. The summed E-state index contributed by atoms with van der Waals surface area (Å²) >= 11 is 9.18. The lowest BCUT2D eigenvalue weighted by atomic mass is 9.87. The van der Waals surface area contributed by atoms with Crippen LogP contribution < -0.4 is 5.32 Å². The summed E-state index contributed by atoms with van der Waals surface area (Å²) in [4.78, 5) is 23.7. The zero-order valence-corrected chi connectivity index (χ0v) is 15.8. The average Bonchev–Trinajstić information content (AvgIpc) is 2.49. The van der Waals surface area contributed by atoms with Gasteiger partial charge in [-0.25, -0.2) is 4.79 Å². The number of amides is 1. The largest absolute Gasteiger partial charge is 0.478 e. The number of benzene rings is 2. The highest BCUT2D eigenvalue weighted by atomic mass is 79.9. The van der Waals surface area contributed by atoms with E-state index in [1.807, 2.05) is 12.1 Å². The second-order valence-electron chi connectivity index (χ2n) is 6.40. The summed E-state index contributed by atoms with van der Waals surface area (Å²) in [6.07, 6.45) is 0. The third-order valence-corrected chi connectivity index (χ3v) is 4.75. The van der Waals surface area contributed by atoms with Crippen molar-refractivity contribution in [2.75, 3.05) is 5.32 Å². The van der Waals surface area contributed by atoms with Gasteiger partial charge < -0.3 is 10.4 Å². The van der Waals surface area contributed by atoms with Gasteiger partial charge in [0, 0.05) is 10.0 Å². The van der Waals surface area contributed by atoms with Gasteiger partial charge in [-0.2, -0.15) is 0 Å². The summed E-state index contributed by atoms with van der Waals surface area (Å²) in [6.45, 7) is 6.27. The van der Waals surface area contributed by atoms with Gasteiger partial charge >= 0.3 is 5.97 Å². The van der Waals surface area contributed by atoms with Crippen molar-refractivity contribution >= 4 is 45.1 Å². The van der Waals surface area contributed by atoms with Gasteiger partial charge in [-0.3, -0.25) is 4.79 Å². The fourth-order valence-corrected chi connectivity index (χ4v) is 2.65. The number of carboxylic acids is 1. The Morgan fingerprint density at radius 2 is 1.71 bits per heavy atom. The first-order valence-corrected chi connectivity index (χ1v) is 8.41. The molecule has 0 aliphatic rings. The standard InChI is InChI=1S/C18H17BrClNO3/c1-18(2,3)11-6-4-10(5-7-11)16(22)21-15-9-14(20)13(19)8-12(15)17(23)24/h4-9H,1-3H3,(H,21,22)(H,23,24). The highest BCUT2D eigenvalue weighted by molar-refractivity contribution is 9.10. The molecule has 0 spiro atoms. The normalized spacial score (nSPS) is 11.2. The molecule has 0 aliphatic heterocycles. The van der Waals surface area contributed by atoms with Crippen LogP contribution in [0.2, 0.25) is 5.02 Å². The Balaban J connectivity index is 2.30. The Morgan fingerprint density at radius 1 is 1.12 bits per heavy atom. The molecule has 24 heavy (non-hydrogen) atoms. The number of carbonyl (C=O) groups excluding carboxylic acids is 1. The van der Waals surface area contributed by atoms with Crippen molar-refractivity contribution in [3.8, 4) is 0 Å². The summed E-state index contributed by atoms with van der Waals surface area (Å²) < 4.78 is 0.453. The highest BCUT2D eigenvalue weighted by Gasteiger charge is 2.17. The highest BCUT2D eigenvalue weighted by Crippen LogP contribution is 2.30. The molecule has 1 amide bonds. The van der Waals surface area contributed by atoms with Crippen molar-refractivity contribution in [1.29, 1.82) is 0 Å². The van der Waals surface area contributed by atoms with Crippen molar-refractivity contribution in [1.82, 2.24) is 0 Å². The van der Waals surface area contributed by atoms with E-state index in [9.17, 15) is 14.7 Å². The maximum Gasteiger partial charge on any atom is 0.337 e. The number of hydrogen-bond donors (Lipinski definition) is 2. The van der Waals surface area contributed by atoms with Gasteiger partial charge in [0.1, 0.15) is 0 Å². The smallest absolute Gasteiger partial charge is 0.337 e. The molecule has 126 valence electrons. The minimum absolute atomic E-state index is 0.00921. The van der Waals surface area contributed by atoms with Crippen molar-refractivity contribution < 1.29 is 14.7 Å². The average molecular weight is 411 g/mol. The molecule has 0 aliphatic carbocycles. The number of halogens is 2. The molecule has 6 heteroatoms. The van der Waals surface area contributed by atoms with Gasteiger partial charge in [0.25, 0.3) is 5.91 Å².